The van der Waals surface area contributed by atoms with Gasteiger partial charge in [-0.25, -0.2) is 4.39 Å². The van der Waals surface area contributed by atoms with Crippen molar-refractivity contribution in [2.24, 2.45) is 12.2 Å². The Balaban J connectivity index is 1.63. The van der Waals surface area contributed by atoms with Crippen molar-refractivity contribution in [2.75, 3.05) is 0 Å². The van der Waals surface area contributed by atoms with Crippen LogP contribution in [0, 0.1) is 12.7 Å². The first-order chi connectivity index (χ1) is 11.4. The van der Waals surface area contributed by atoms with Crippen LogP contribution in [0.25, 0.3) is 0 Å². The molecule has 1 aliphatic heterocycles. The number of hydrogen-bond acceptors (Lipinski definition) is 4. The average molecular weight is 330 g/mol. The normalized spacial score (nSPS) is 19.8. The van der Waals surface area contributed by atoms with Crippen LogP contribution >= 0.6 is 0 Å². The van der Waals surface area contributed by atoms with Crippen LogP contribution in [-0.2, 0) is 23.2 Å². The van der Waals surface area contributed by atoms with Crippen molar-refractivity contribution < 1.29 is 14.0 Å². The minimum Gasteiger partial charge on any atom is -0.379 e. The Morgan fingerprint density at radius 2 is 2.12 bits per heavy atom. The molecule has 24 heavy (non-hydrogen) atoms. The summed E-state index contributed by atoms with van der Waals surface area (Å²) in [7, 11) is 1.83. The molecule has 0 bridgehead atoms. The maximum atomic E-state index is 13.0. The van der Waals surface area contributed by atoms with Crippen LogP contribution in [0.3, 0.4) is 0 Å². The number of aryl methyl sites for hydroxylation is 2. The van der Waals surface area contributed by atoms with Crippen LogP contribution in [0.4, 0.5) is 4.39 Å². The van der Waals surface area contributed by atoms with E-state index < -0.39 is 5.60 Å². The van der Waals surface area contributed by atoms with Gasteiger partial charge >= 0.3 is 0 Å². The number of amides is 1. The van der Waals surface area contributed by atoms with Crippen LogP contribution in [0.15, 0.2) is 35.5 Å². The first kappa shape index (κ1) is 16.2. The van der Waals surface area contributed by atoms with E-state index in [0.29, 0.717) is 18.7 Å². The summed E-state index contributed by atoms with van der Waals surface area (Å²) in [4.78, 5) is 17.9. The van der Waals surface area contributed by atoms with E-state index in [9.17, 15) is 9.18 Å². The molecule has 1 N–H and O–H groups in total. The summed E-state index contributed by atoms with van der Waals surface area (Å²) in [5.41, 5.74) is 2.10. The van der Waals surface area contributed by atoms with E-state index in [1.54, 1.807) is 23.7 Å². The first-order valence-corrected chi connectivity index (χ1v) is 7.66. The highest BCUT2D eigenvalue weighted by Gasteiger charge is 2.42. The van der Waals surface area contributed by atoms with Crippen LogP contribution in [0.5, 0.6) is 0 Å². The number of hydrogen-bond donors (Lipinski definition) is 1. The molecule has 0 spiro atoms. The molecule has 3 rings (SSSR count). The van der Waals surface area contributed by atoms with Gasteiger partial charge in [0.1, 0.15) is 5.82 Å². The minimum absolute atomic E-state index is 0.248. The Hall–Kier alpha value is -2.70. The second-order valence-electron chi connectivity index (χ2n) is 6.13. The van der Waals surface area contributed by atoms with Gasteiger partial charge in [0, 0.05) is 13.5 Å². The first-order valence-electron chi connectivity index (χ1n) is 7.66. The number of nitrogens with one attached hydrogen (secondary N) is 1. The highest BCUT2D eigenvalue weighted by atomic mass is 19.1. The molecule has 7 heteroatoms. The average Bonchev–Trinajstić information content (AvgIpc) is 3.09. The second-order valence-corrected chi connectivity index (χ2v) is 6.13. The van der Waals surface area contributed by atoms with E-state index in [2.05, 4.69) is 15.6 Å². The third-order valence-corrected chi connectivity index (χ3v) is 4.05. The molecule has 1 atom stereocenters. The number of oxime groups is 1. The van der Waals surface area contributed by atoms with Crippen molar-refractivity contribution in [2.45, 2.75) is 32.4 Å². The molecule has 0 saturated carbocycles. The van der Waals surface area contributed by atoms with Crippen LogP contribution in [0.2, 0.25) is 0 Å². The zero-order valence-corrected chi connectivity index (χ0v) is 13.8. The van der Waals surface area contributed by atoms with Crippen molar-refractivity contribution in [3.63, 3.8) is 0 Å². The summed E-state index contributed by atoms with van der Waals surface area (Å²) >= 11 is 0. The maximum Gasteiger partial charge on any atom is 0.267 e. The Bertz CT molecular complexity index is 797. The summed E-state index contributed by atoms with van der Waals surface area (Å²) in [6, 6.07) is 7.88. The van der Waals surface area contributed by atoms with E-state index in [1.807, 2.05) is 20.0 Å². The lowest BCUT2D eigenvalue weighted by molar-refractivity contribution is -0.141. The quantitative estimate of drug-likeness (QED) is 0.933. The number of benzene rings is 1. The Morgan fingerprint density at radius 1 is 1.42 bits per heavy atom. The van der Waals surface area contributed by atoms with Gasteiger partial charge in [-0.2, -0.15) is 5.10 Å². The van der Waals surface area contributed by atoms with Crippen LogP contribution in [-0.4, -0.2) is 27.0 Å². The number of carbonyl (C=O) groups excluding carboxylic acids is 1. The van der Waals surface area contributed by atoms with Gasteiger partial charge in [0.05, 0.1) is 23.6 Å². The number of nitrogens with zero attached hydrogens (tertiary/aromatic N) is 3. The smallest absolute Gasteiger partial charge is 0.267 e. The SMILES string of the molecule is Cc1cc(CNC(=O)[C@@]2(C)CC(c3ccc(F)cc3)=NO2)n(C)n1. The topological polar surface area (TPSA) is 68.5 Å². The van der Waals surface area contributed by atoms with Gasteiger partial charge in [-0.15, -0.1) is 0 Å². The molecule has 1 aromatic carbocycles. The maximum absolute atomic E-state index is 13.0. The van der Waals surface area contributed by atoms with E-state index in [1.165, 1.54) is 12.1 Å². The van der Waals surface area contributed by atoms with Crippen molar-refractivity contribution >= 4 is 11.6 Å². The lowest BCUT2D eigenvalue weighted by Gasteiger charge is -2.20. The Kier molecular flexibility index (Phi) is 4.09. The molecule has 1 aliphatic rings. The van der Waals surface area contributed by atoms with Gasteiger partial charge in [-0.05, 0) is 37.6 Å². The molecule has 1 amide bonds. The van der Waals surface area contributed by atoms with Crippen LogP contribution in [0.1, 0.15) is 30.3 Å². The molecule has 0 fully saturated rings. The Morgan fingerprint density at radius 3 is 2.75 bits per heavy atom. The largest absolute Gasteiger partial charge is 0.379 e. The van der Waals surface area contributed by atoms with Gasteiger partial charge in [0.15, 0.2) is 0 Å². The molecular formula is C17H19FN4O2. The molecule has 2 heterocycles. The third-order valence-electron chi connectivity index (χ3n) is 4.05. The fraction of sp³-hybridized carbons (Fsp3) is 0.353. The standard InChI is InChI=1S/C17H19FN4O2/c1-11-8-14(22(3)20-11)10-19-16(23)17(2)9-15(21-24-17)12-4-6-13(18)7-5-12/h4-8H,9-10H2,1-3H3,(H,19,23)/t17-/m1/s1. The summed E-state index contributed by atoms with van der Waals surface area (Å²) in [6.45, 7) is 3.95. The van der Waals surface area contributed by atoms with E-state index in [-0.39, 0.29) is 11.7 Å². The predicted molar refractivity (Wildman–Crippen MR) is 86.8 cm³/mol. The fourth-order valence-electron chi connectivity index (χ4n) is 2.65. The lowest BCUT2D eigenvalue weighted by Crippen LogP contribution is -2.44. The number of rotatable bonds is 4. The molecule has 6 nitrogen and oxygen atoms in total. The molecule has 1 aromatic heterocycles. The summed E-state index contributed by atoms with van der Waals surface area (Å²) in [6.07, 6.45) is 0.328. The number of carbonyl (C=O) groups is 1. The van der Waals surface area contributed by atoms with Crippen molar-refractivity contribution in [1.82, 2.24) is 15.1 Å². The van der Waals surface area contributed by atoms with E-state index in [0.717, 1.165) is 17.0 Å². The van der Waals surface area contributed by atoms with Gasteiger partial charge < -0.3 is 10.2 Å². The number of halogens is 1. The zero-order valence-electron chi connectivity index (χ0n) is 13.8. The van der Waals surface area contributed by atoms with Gasteiger partial charge in [0.2, 0.25) is 5.60 Å². The summed E-state index contributed by atoms with van der Waals surface area (Å²) in [5.74, 6) is -0.563. The molecule has 2 aromatic rings. The second kappa shape index (κ2) is 6.07. The lowest BCUT2D eigenvalue weighted by atomic mass is 9.95. The summed E-state index contributed by atoms with van der Waals surface area (Å²) in [5, 5.41) is 11.1. The zero-order chi connectivity index (χ0) is 17.3. The highest BCUT2D eigenvalue weighted by Crippen LogP contribution is 2.27. The third kappa shape index (κ3) is 3.15. The molecular weight excluding hydrogens is 311 g/mol. The molecule has 0 aliphatic carbocycles. The van der Waals surface area contributed by atoms with Crippen LogP contribution < -0.4 is 5.32 Å². The van der Waals surface area contributed by atoms with Crippen molar-refractivity contribution in [3.05, 3.63) is 53.1 Å². The van der Waals surface area contributed by atoms with Crippen molar-refractivity contribution in [1.29, 1.82) is 0 Å². The van der Waals surface area contributed by atoms with Crippen molar-refractivity contribution in [3.8, 4) is 0 Å². The van der Waals surface area contributed by atoms with Gasteiger partial charge in [0.25, 0.3) is 5.91 Å². The highest BCUT2D eigenvalue weighted by molar-refractivity contribution is 6.05. The predicted octanol–water partition coefficient (Wildman–Crippen LogP) is 2.07. The minimum atomic E-state index is -1.07. The summed E-state index contributed by atoms with van der Waals surface area (Å²) < 4.78 is 14.7. The van der Waals surface area contributed by atoms with Gasteiger partial charge in [-0.1, -0.05) is 17.3 Å². The molecule has 0 unspecified atom stereocenters. The Labute approximate surface area is 139 Å². The van der Waals surface area contributed by atoms with Gasteiger partial charge in [-0.3, -0.25) is 9.48 Å². The fourth-order valence-corrected chi connectivity index (χ4v) is 2.65. The van der Waals surface area contributed by atoms with E-state index >= 15 is 0 Å². The molecule has 0 radical (unpaired) electrons. The molecule has 126 valence electrons. The monoisotopic (exact) mass is 330 g/mol. The molecule has 0 saturated heterocycles. The number of aromatic nitrogens is 2. The van der Waals surface area contributed by atoms with E-state index in [4.69, 9.17) is 4.84 Å².